The van der Waals surface area contributed by atoms with Gasteiger partial charge in [0.2, 0.25) is 0 Å². The highest BCUT2D eigenvalue weighted by Gasteiger charge is 2.12. The molecule has 0 amide bonds. The second-order valence-electron chi connectivity index (χ2n) is 5.95. The minimum absolute atomic E-state index is 0. The molecule has 0 saturated carbocycles. The molecule has 0 saturated heterocycles. The summed E-state index contributed by atoms with van der Waals surface area (Å²) in [6, 6.07) is 6.04. The van der Waals surface area contributed by atoms with E-state index in [0.717, 1.165) is 29.6 Å². The minimum atomic E-state index is 0. The minimum Gasteiger partial charge on any atom is -0.490 e. The van der Waals surface area contributed by atoms with E-state index in [0.29, 0.717) is 19.8 Å². The largest absolute Gasteiger partial charge is 0.490 e. The van der Waals surface area contributed by atoms with Crippen LogP contribution in [0.5, 0.6) is 11.5 Å². The molecule has 0 radical (unpaired) electrons. The molecule has 7 heteroatoms. The predicted molar refractivity (Wildman–Crippen MR) is 118 cm³/mol. The van der Waals surface area contributed by atoms with Gasteiger partial charge in [-0.2, -0.15) is 0 Å². The van der Waals surface area contributed by atoms with Gasteiger partial charge in [0.05, 0.1) is 19.3 Å². The van der Waals surface area contributed by atoms with Crippen LogP contribution in [-0.4, -0.2) is 44.0 Å². The lowest BCUT2D eigenvalue weighted by Crippen LogP contribution is -2.39. The van der Waals surface area contributed by atoms with E-state index in [9.17, 15) is 0 Å². The van der Waals surface area contributed by atoms with Crippen LogP contribution in [0.25, 0.3) is 0 Å². The number of hydrogen-bond donors (Lipinski definition) is 3. The molecule has 0 aromatic heterocycles. The maximum Gasteiger partial charge on any atom is 0.191 e. The van der Waals surface area contributed by atoms with Gasteiger partial charge < -0.3 is 25.2 Å². The van der Waals surface area contributed by atoms with E-state index >= 15 is 0 Å². The van der Waals surface area contributed by atoms with Crippen molar-refractivity contribution in [1.82, 2.24) is 10.6 Å². The number of benzene rings is 1. The Morgan fingerprint density at radius 1 is 1.12 bits per heavy atom. The first kappa shape index (κ1) is 24.8. The third-order valence-electron chi connectivity index (χ3n) is 3.64. The molecule has 0 spiro atoms. The van der Waals surface area contributed by atoms with Crippen molar-refractivity contribution in [2.24, 2.45) is 10.9 Å². The number of aliphatic imine (C=N–C) groups is 1. The van der Waals surface area contributed by atoms with Gasteiger partial charge in [-0.25, -0.2) is 0 Å². The first-order valence-electron chi connectivity index (χ1n) is 9.10. The lowest BCUT2D eigenvalue weighted by molar-refractivity contribution is 0.241. The summed E-state index contributed by atoms with van der Waals surface area (Å²) >= 11 is 0. The van der Waals surface area contributed by atoms with Crippen molar-refractivity contribution in [2.45, 2.75) is 40.7 Å². The second-order valence-corrected chi connectivity index (χ2v) is 5.95. The molecule has 0 aliphatic heterocycles. The molecule has 0 bridgehead atoms. The lowest BCUT2D eigenvalue weighted by Gasteiger charge is -2.20. The Balaban J connectivity index is 0.00000625. The molecule has 2 unspecified atom stereocenters. The quantitative estimate of drug-likeness (QED) is 0.273. The zero-order valence-corrected chi connectivity index (χ0v) is 18.9. The van der Waals surface area contributed by atoms with Crippen LogP contribution in [-0.2, 0) is 0 Å². The number of nitrogens with one attached hydrogen (secondary N) is 2. The summed E-state index contributed by atoms with van der Waals surface area (Å²) in [6.07, 6.45) is 0. The lowest BCUT2D eigenvalue weighted by atomic mass is 10.1. The fraction of sp³-hybridized carbons (Fsp3) is 0.632. The van der Waals surface area contributed by atoms with Gasteiger partial charge in [-0.05, 0) is 51.3 Å². The number of aliphatic hydroxyl groups is 1. The Morgan fingerprint density at radius 2 is 1.77 bits per heavy atom. The van der Waals surface area contributed by atoms with Crippen molar-refractivity contribution in [3.8, 4) is 11.5 Å². The molecule has 6 nitrogen and oxygen atoms in total. The number of ether oxygens (including phenoxy) is 2. The molecule has 0 heterocycles. The number of rotatable bonds is 10. The van der Waals surface area contributed by atoms with E-state index in [1.54, 1.807) is 0 Å². The molecule has 0 fully saturated rings. The number of hydrogen-bond acceptors (Lipinski definition) is 4. The van der Waals surface area contributed by atoms with Crippen LogP contribution in [0.4, 0.5) is 0 Å². The number of aliphatic hydroxyl groups excluding tert-OH is 1. The fourth-order valence-electron chi connectivity index (χ4n) is 2.25. The summed E-state index contributed by atoms with van der Waals surface area (Å²) in [5.41, 5.74) is 1.09. The second kappa shape index (κ2) is 13.9. The molecule has 1 aromatic rings. The first-order chi connectivity index (χ1) is 12.0. The van der Waals surface area contributed by atoms with Crippen LogP contribution in [0.1, 0.15) is 46.2 Å². The highest BCUT2D eigenvalue weighted by molar-refractivity contribution is 14.0. The van der Waals surface area contributed by atoms with Gasteiger partial charge in [-0.1, -0.05) is 13.0 Å². The maximum absolute atomic E-state index is 9.15. The molecule has 0 aliphatic carbocycles. The van der Waals surface area contributed by atoms with E-state index in [4.69, 9.17) is 14.6 Å². The van der Waals surface area contributed by atoms with Gasteiger partial charge in [0, 0.05) is 19.7 Å². The SMILES string of the molecule is CCNC(=NCC(C)CO)NC(C)c1ccc(OCC)c(OCC)c1.I. The predicted octanol–water partition coefficient (Wildman–Crippen LogP) is 3.35. The average Bonchev–Trinajstić information content (AvgIpc) is 2.61. The Kier molecular flexibility index (Phi) is 13.3. The number of halogens is 1. The highest BCUT2D eigenvalue weighted by atomic mass is 127. The fourth-order valence-corrected chi connectivity index (χ4v) is 2.25. The normalized spacial score (nSPS) is 13.4. The van der Waals surface area contributed by atoms with Crippen LogP contribution >= 0.6 is 24.0 Å². The number of guanidine groups is 1. The van der Waals surface area contributed by atoms with Crippen LogP contribution < -0.4 is 20.1 Å². The molecular formula is C19H34IN3O3. The maximum atomic E-state index is 9.15. The first-order valence-corrected chi connectivity index (χ1v) is 9.10. The summed E-state index contributed by atoms with van der Waals surface area (Å²) in [5.74, 6) is 2.40. The molecule has 3 N–H and O–H groups in total. The average molecular weight is 479 g/mol. The summed E-state index contributed by atoms with van der Waals surface area (Å²) in [6.45, 7) is 12.7. The summed E-state index contributed by atoms with van der Waals surface area (Å²) in [4.78, 5) is 4.53. The Labute approximate surface area is 174 Å². The third kappa shape index (κ3) is 8.44. The van der Waals surface area contributed by atoms with Gasteiger partial charge >= 0.3 is 0 Å². The van der Waals surface area contributed by atoms with E-state index in [1.807, 2.05) is 45.9 Å². The molecule has 26 heavy (non-hydrogen) atoms. The van der Waals surface area contributed by atoms with Gasteiger partial charge in [-0.15, -0.1) is 24.0 Å². The Hall–Kier alpha value is -1.22. The zero-order valence-electron chi connectivity index (χ0n) is 16.5. The van der Waals surface area contributed by atoms with Crippen LogP contribution in [0.2, 0.25) is 0 Å². The van der Waals surface area contributed by atoms with Crippen molar-refractivity contribution < 1.29 is 14.6 Å². The molecule has 150 valence electrons. The number of nitrogens with zero attached hydrogens (tertiary/aromatic N) is 1. The summed E-state index contributed by atoms with van der Waals surface area (Å²) in [7, 11) is 0. The Bertz CT molecular complexity index is 541. The van der Waals surface area contributed by atoms with Crippen LogP contribution in [0.15, 0.2) is 23.2 Å². The van der Waals surface area contributed by atoms with Crippen molar-refractivity contribution in [3.05, 3.63) is 23.8 Å². The smallest absolute Gasteiger partial charge is 0.191 e. The van der Waals surface area contributed by atoms with Gasteiger partial charge in [-0.3, -0.25) is 4.99 Å². The van der Waals surface area contributed by atoms with Crippen LogP contribution in [0, 0.1) is 5.92 Å². The summed E-state index contributed by atoms with van der Waals surface area (Å²) in [5, 5.41) is 15.8. The highest BCUT2D eigenvalue weighted by Crippen LogP contribution is 2.30. The molecule has 1 rings (SSSR count). The topological polar surface area (TPSA) is 75.1 Å². The van der Waals surface area contributed by atoms with E-state index in [1.165, 1.54) is 0 Å². The van der Waals surface area contributed by atoms with Crippen LogP contribution in [0.3, 0.4) is 0 Å². The monoisotopic (exact) mass is 479 g/mol. The van der Waals surface area contributed by atoms with Crippen molar-refractivity contribution in [2.75, 3.05) is 32.9 Å². The van der Waals surface area contributed by atoms with E-state index in [-0.39, 0.29) is 42.5 Å². The van der Waals surface area contributed by atoms with Crippen molar-refractivity contribution in [1.29, 1.82) is 0 Å². The van der Waals surface area contributed by atoms with Crippen molar-refractivity contribution in [3.63, 3.8) is 0 Å². The zero-order chi connectivity index (χ0) is 18.7. The summed E-state index contributed by atoms with van der Waals surface area (Å²) < 4.78 is 11.3. The standard InChI is InChI=1S/C19H33N3O3.HI/c1-6-20-19(21-12-14(4)13-23)22-15(5)16-9-10-17(24-7-2)18(11-16)25-8-3;/h9-11,14-15,23H,6-8,12-13H2,1-5H3,(H2,20,21,22);1H. The van der Waals surface area contributed by atoms with Gasteiger partial charge in [0.15, 0.2) is 17.5 Å². The van der Waals surface area contributed by atoms with Gasteiger partial charge in [0.25, 0.3) is 0 Å². The third-order valence-corrected chi connectivity index (χ3v) is 3.64. The Morgan fingerprint density at radius 3 is 2.35 bits per heavy atom. The molecular weight excluding hydrogens is 445 g/mol. The molecule has 1 aromatic carbocycles. The van der Waals surface area contributed by atoms with Gasteiger partial charge in [0.1, 0.15) is 0 Å². The van der Waals surface area contributed by atoms with E-state index < -0.39 is 0 Å². The van der Waals surface area contributed by atoms with Crippen molar-refractivity contribution >= 4 is 29.9 Å². The molecule has 2 atom stereocenters. The molecule has 0 aliphatic rings. The van der Waals surface area contributed by atoms with E-state index in [2.05, 4.69) is 22.5 Å².